The van der Waals surface area contributed by atoms with Crippen molar-refractivity contribution in [2.24, 2.45) is 0 Å². The van der Waals surface area contributed by atoms with Crippen molar-refractivity contribution >= 4 is 17.3 Å². The summed E-state index contributed by atoms with van der Waals surface area (Å²) < 4.78 is 0. The summed E-state index contributed by atoms with van der Waals surface area (Å²) in [4.78, 5) is 27.0. The van der Waals surface area contributed by atoms with Crippen molar-refractivity contribution in [3.63, 3.8) is 0 Å². The van der Waals surface area contributed by atoms with Gasteiger partial charge in [0.1, 0.15) is 17.8 Å². The highest BCUT2D eigenvalue weighted by Gasteiger charge is 2.17. The number of nitrogens with zero attached hydrogens (tertiary/aromatic N) is 3. The first-order valence-electron chi connectivity index (χ1n) is 5.04. The third kappa shape index (κ3) is 2.16. The van der Waals surface area contributed by atoms with Crippen molar-refractivity contribution in [2.75, 3.05) is 18.0 Å². The molecule has 2 heterocycles. The van der Waals surface area contributed by atoms with Crippen molar-refractivity contribution in [3.8, 4) is 0 Å². The van der Waals surface area contributed by atoms with E-state index in [2.05, 4.69) is 4.98 Å². The first-order chi connectivity index (χ1) is 7.66. The van der Waals surface area contributed by atoms with E-state index < -0.39 is 4.92 Å². The van der Waals surface area contributed by atoms with E-state index in [0.29, 0.717) is 31.7 Å². The number of carbonyl (C=O) groups excluding carboxylic acids is 1. The van der Waals surface area contributed by atoms with Crippen LogP contribution in [0, 0.1) is 10.1 Å². The summed E-state index contributed by atoms with van der Waals surface area (Å²) in [5, 5.41) is 10.4. The number of rotatable bonds is 2. The highest BCUT2D eigenvalue weighted by molar-refractivity contribution is 5.80. The van der Waals surface area contributed by atoms with E-state index in [1.54, 1.807) is 6.07 Å². The molecule has 0 N–H and O–H groups in total. The minimum Gasteiger partial charge on any atom is -0.356 e. The summed E-state index contributed by atoms with van der Waals surface area (Å²) in [6.07, 6.45) is 2.29. The lowest BCUT2D eigenvalue weighted by Gasteiger charge is -2.26. The van der Waals surface area contributed by atoms with Gasteiger partial charge in [0, 0.05) is 32.0 Å². The average Bonchev–Trinajstić information content (AvgIpc) is 2.30. The van der Waals surface area contributed by atoms with Crippen LogP contribution in [0.3, 0.4) is 0 Å². The summed E-state index contributed by atoms with van der Waals surface area (Å²) in [7, 11) is 0. The zero-order valence-electron chi connectivity index (χ0n) is 8.63. The van der Waals surface area contributed by atoms with Crippen LogP contribution in [0.5, 0.6) is 0 Å². The van der Waals surface area contributed by atoms with E-state index in [1.165, 1.54) is 12.3 Å². The Bertz CT molecular complexity index is 406. The van der Waals surface area contributed by atoms with Crippen molar-refractivity contribution in [2.45, 2.75) is 12.8 Å². The first kappa shape index (κ1) is 10.5. The molecule has 0 atom stereocenters. The molecule has 0 bridgehead atoms. The number of carbonyl (C=O) groups is 1. The van der Waals surface area contributed by atoms with Crippen LogP contribution in [-0.4, -0.2) is 28.8 Å². The summed E-state index contributed by atoms with van der Waals surface area (Å²) in [5.41, 5.74) is -0.0168. The minimum atomic E-state index is -0.476. The Morgan fingerprint density at radius 2 is 2.00 bits per heavy atom. The molecule has 0 aromatic carbocycles. The van der Waals surface area contributed by atoms with Crippen LogP contribution < -0.4 is 4.90 Å². The second-order valence-electron chi connectivity index (χ2n) is 3.66. The molecule has 6 nitrogen and oxygen atoms in total. The number of anilines is 1. The van der Waals surface area contributed by atoms with Gasteiger partial charge in [0.05, 0.1) is 4.92 Å². The van der Waals surface area contributed by atoms with Gasteiger partial charge in [0.2, 0.25) is 0 Å². The third-order valence-corrected chi connectivity index (χ3v) is 2.59. The maximum atomic E-state index is 11.0. The van der Waals surface area contributed by atoms with Gasteiger partial charge in [-0.25, -0.2) is 4.98 Å². The number of pyridine rings is 1. The van der Waals surface area contributed by atoms with Crippen LogP contribution in [-0.2, 0) is 4.79 Å². The van der Waals surface area contributed by atoms with E-state index >= 15 is 0 Å². The lowest BCUT2D eigenvalue weighted by atomic mass is 10.1. The summed E-state index contributed by atoms with van der Waals surface area (Å²) in [6, 6.07) is 3.05. The van der Waals surface area contributed by atoms with Crippen LogP contribution in [0.4, 0.5) is 11.5 Å². The summed E-state index contributed by atoms with van der Waals surface area (Å²) in [6.45, 7) is 1.29. The van der Waals surface area contributed by atoms with Crippen molar-refractivity contribution in [3.05, 3.63) is 28.4 Å². The van der Waals surface area contributed by atoms with Gasteiger partial charge in [0.25, 0.3) is 5.69 Å². The Morgan fingerprint density at radius 3 is 2.50 bits per heavy atom. The van der Waals surface area contributed by atoms with Crippen molar-refractivity contribution in [1.29, 1.82) is 0 Å². The van der Waals surface area contributed by atoms with E-state index in [-0.39, 0.29) is 11.5 Å². The molecule has 6 heteroatoms. The molecule has 1 saturated heterocycles. The second-order valence-corrected chi connectivity index (χ2v) is 3.66. The van der Waals surface area contributed by atoms with E-state index in [4.69, 9.17) is 0 Å². The fourth-order valence-corrected chi connectivity index (χ4v) is 1.66. The van der Waals surface area contributed by atoms with E-state index in [9.17, 15) is 14.9 Å². The highest BCUT2D eigenvalue weighted by atomic mass is 16.6. The van der Waals surface area contributed by atoms with Gasteiger partial charge in [-0.05, 0) is 6.07 Å². The summed E-state index contributed by atoms with van der Waals surface area (Å²) >= 11 is 0. The van der Waals surface area contributed by atoms with Crippen LogP contribution in [0.25, 0.3) is 0 Å². The van der Waals surface area contributed by atoms with Gasteiger partial charge in [-0.1, -0.05) is 0 Å². The monoisotopic (exact) mass is 221 g/mol. The highest BCUT2D eigenvalue weighted by Crippen LogP contribution is 2.18. The molecule has 1 aromatic heterocycles. The molecular formula is C10H11N3O3. The van der Waals surface area contributed by atoms with Crippen LogP contribution in [0.2, 0.25) is 0 Å². The molecule has 1 aromatic rings. The second kappa shape index (κ2) is 4.26. The van der Waals surface area contributed by atoms with Gasteiger partial charge in [-0.3, -0.25) is 14.9 Å². The van der Waals surface area contributed by atoms with E-state index in [1.807, 2.05) is 4.90 Å². The quantitative estimate of drug-likeness (QED) is 0.553. The van der Waals surface area contributed by atoms with Gasteiger partial charge in [-0.15, -0.1) is 0 Å². The molecule has 16 heavy (non-hydrogen) atoms. The molecule has 0 spiro atoms. The lowest BCUT2D eigenvalue weighted by molar-refractivity contribution is -0.385. The Morgan fingerprint density at radius 1 is 1.31 bits per heavy atom. The van der Waals surface area contributed by atoms with E-state index in [0.717, 1.165) is 0 Å². The molecule has 1 fully saturated rings. The smallest absolute Gasteiger partial charge is 0.287 e. The third-order valence-electron chi connectivity index (χ3n) is 2.59. The number of hydrogen-bond acceptors (Lipinski definition) is 5. The zero-order chi connectivity index (χ0) is 11.5. The Balaban J connectivity index is 2.10. The first-order valence-corrected chi connectivity index (χ1v) is 5.04. The largest absolute Gasteiger partial charge is 0.356 e. The Hall–Kier alpha value is -1.98. The predicted octanol–water partition coefficient (Wildman–Crippen LogP) is 1.16. The molecule has 0 amide bonds. The fraction of sp³-hybridized carbons (Fsp3) is 0.400. The molecule has 0 aliphatic carbocycles. The Kier molecular flexibility index (Phi) is 2.80. The number of ketones is 1. The van der Waals surface area contributed by atoms with Crippen LogP contribution >= 0.6 is 0 Å². The minimum absolute atomic E-state index is 0.0168. The number of Topliss-reactive ketones (excluding diaryl/α,β-unsaturated/α-hetero) is 1. The maximum absolute atomic E-state index is 11.0. The molecule has 0 unspecified atom stereocenters. The standard InChI is InChI=1S/C10H11N3O3/c14-9-3-5-12(6-4-9)10-2-1-8(7-11-10)13(15)16/h1-2,7H,3-6H2. The van der Waals surface area contributed by atoms with Gasteiger partial charge >= 0.3 is 0 Å². The molecule has 84 valence electrons. The molecule has 1 aliphatic heterocycles. The molecule has 2 rings (SSSR count). The number of piperidine rings is 1. The molecule has 0 radical (unpaired) electrons. The van der Waals surface area contributed by atoms with Crippen LogP contribution in [0.15, 0.2) is 18.3 Å². The van der Waals surface area contributed by atoms with Crippen molar-refractivity contribution in [1.82, 2.24) is 4.98 Å². The molecular weight excluding hydrogens is 210 g/mol. The fourth-order valence-electron chi connectivity index (χ4n) is 1.66. The zero-order valence-corrected chi connectivity index (χ0v) is 8.63. The topological polar surface area (TPSA) is 76.3 Å². The number of aromatic nitrogens is 1. The van der Waals surface area contributed by atoms with Crippen molar-refractivity contribution < 1.29 is 9.72 Å². The molecule has 0 saturated carbocycles. The lowest BCUT2D eigenvalue weighted by Crippen LogP contribution is -2.34. The number of nitro groups is 1. The normalized spacial score (nSPS) is 16.2. The number of hydrogen-bond donors (Lipinski definition) is 0. The maximum Gasteiger partial charge on any atom is 0.287 e. The molecule has 1 aliphatic rings. The van der Waals surface area contributed by atoms with Gasteiger partial charge in [0.15, 0.2) is 0 Å². The SMILES string of the molecule is O=C1CCN(c2ccc([N+](=O)[O-])cn2)CC1. The summed E-state index contributed by atoms with van der Waals surface area (Å²) in [5.74, 6) is 0.955. The van der Waals surface area contributed by atoms with Crippen LogP contribution in [0.1, 0.15) is 12.8 Å². The predicted molar refractivity (Wildman–Crippen MR) is 57.3 cm³/mol. The Labute approximate surface area is 92.0 Å². The average molecular weight is 221 g/mol. The van der Waals surface area contributed by atoms with Gasteiger partial charge < -0.3 is 4.90 Å². The van der Waals surface area contributed by atoms with Gasteiger partial charge in [-0.2, -0.15) is 0 Å².